The van der Waals surface area contributed by atoms with Crippen molar-refractivity contribution >= 4 is 35.2 Å². The number of thioether (sulfide) groups is 1. The van der Waals surface area contributed by atoms with E-state index in [4.69, 9.17) is 11.6 Å². The van der Waals surface area contributed by atoms with Crippen LogP contribution in [-0.4, -0.2) is 17.6 Å². The minimum Gasteiger partial charge on any atom is -0.273 e. The Labute approximate surface area is 144 Å². The largest absolute Gasteiger partial charge is 0.273 e. The van der Waals surface area contributed by atoms with Crippen molar-refractivity contribution in [3.8, 4) is 0 Å². The molecule has 0 saturated carbocycles. The summed E-state index contributed by atoms with van der Waals surface area (Å²) in [5.74, 6) is -0.298. The standard InChI is InChI=1S/C17H17ClN2O2S/c1-12-2-4-13(5-3-12)10-16(21)19-20-17(22)11-23-15-8-6-14(18)7-9-15/h2-9H,10-11H2,1H3,(H,19,21)(H,20,22). The smallest absolute Gasteiger partial charge is 0.248 e. The van der Waals surface area contributed by atoms with Crippen molar-refractivity contribution in [2.24, 2.45) is 0 Å². The summed E-state index contributed by atoms with van der Waals surface area (Å²) < 4.78 is 0. The Morgan fingerprint density at radius 3 is 2.22 bits per heavy atom. The van der Waals surface area contributed by atoms with E-state index in [1.54, 1.807) is 12.1 Å². The molecule has 0 aliphatic heterocycles. The van der Waals surface area contributed by atoms with Crippen molar-refractivity contribution in [1.82, 2.24) is 10.9 Å². The Kier molecular flexibility index (Phi) is 6.50. The van der Waals surface area contributed by atoms with Crippen molar-refractivity contribution in [2.45, 2.75) is 18.2 Å². The minimum atomic E-state index is -0.262. The number of rotatable bonds is 5. The molecule has 2 rings (SSSR count). The molecule has 2 amide bonds. The van der Waals surface area contributed by atoms with E-state index in [2.05, 4.69) is 10.9 Å². The van der Waals surface area contributed by atoms with Crippen LogP contribution in [0.2, 0.25) is 5.02 Å². The van der Waals surface area contributed by atoms with Gasteiger partial charge in [-0.3, -0.25) is 20.4 Å². The number of hydrogen-bond acceptors (Lipinski definition) is 3. The molecular weight excluding hydrogens is 332 g/mol. The second kappa shape index (κ2) is 8.60. The van der Waals surface area contributed by atoms with Gasteiger partial charge in [0.05, 0.1) is 12.2 Å². The molecule has 2 aromatic carbocycles. The van der Waals surface area contributed by atoms with Gasteiger partial charge in [0, 0.05) is 9.92 Å². The molecule has 0 heterocycles. The minimum absolute atomic E-state index is 0.215. The first-order valence-electron chi connectivity index (χ1n) is 7.04. The maximum absolute atomic E-state index is 11.8. The van der Waals surface area contributed by atoms with Gasteiger partial charge < -0.3 is 0 Å². The lowest BCUT2D eigenvalue weighted by atomic mass is 10.1. The fraction of sp³-hybridized carbons (Fsp3) is 0.176. The van der Waals surface area contributed by atoms with E-state index in [0.717, 1.165) is 16.0 Å². The quantitative estimate of drug-likeness (QED) is 0.644. The van der Waals surface area contributed by atoms with Crippen molar-refractivity contribution in [2.75, 3.05) is 5.75 Å². The molecular formula is C17H17ClN2O2S. The molecule has 4 nitrogen and oxygen atoms in total. The molecule has 6 heteroatoms. The van der Waals surface area contributed by atoms with Crippen molar-refractivity contribution in [3.05, 3.63) is 64.7 Å². The summed E-state index contributed by atoms with van der Waals surface area (Å²) in [5, 5.41) is 0.655. The lowest BCUT2D eigenvalue weighted by molar-refractivity contribution is -0.127. The zero-order chi connectivity index (χ0) is 16.7. The third kappa shape index (κ3) is 6.34. The molecule has 0 aromatic heterocycles. The molecule has 0 unspecified atom stereocenters. The SMILES string of the molecule is Cc1ccc(CC(=O)NNC(=O)CSc2ccc(Cl)cc2)cc1. The summed E-state index contributed by atoms with van der Waals surface area (Å²) in [5.41, 5.74) is 6.87. The molecule has 0 bridgehead atoms. The molecule has 0 saturated heterocycles. The lowest BCUT2D eigenvalue weighted by Crippen LogP contribution is -2.43. The first-order chi connectivity index (χ1) is 11.0. The number of hydrazine groups is 1. The van der Waals surface area contributed by atoms with Gasteiger partial charge in [-0.05, 0) is 36.8 Å². The van der Waals surface area contributed by atoms with Crippen molar-refractivity contribution < 1.29 is 9.59 Å². The number of hydrogen-bond donors (Lipinski definition) is 2. The fourth-order valence-electron chi connectivity index (χ4n) is 1.79. The third-order valence-electron chi connectivity index (χ3n) is 3.01. The average Bonchev–Trinajstić information content (AvgIpc) is 2.54. The molecule has 0 atom stereocenters. The highest BCUT2D eigenvalue weighted by atomic mass is 35.5. The third-order valence-corrected chi connectivity index (χ3v) is 4.27. The van der Waals surface area contributed by atoms with Crippen LogP contribution in [-0.2, 0) is 16.0 Å². The summed E-state index contributed by atoms with van der Waals surface area (Å²) in [6, 6.07) is 14.9. The van der Waals surface area contributed by atoms with E-state index in [1.165, 1.54) is 11.8 Å². The van der Waals surface area contributed by atoms with Crippen LogP contribution in [0.4, 0.5) is 0 Å². The molecule has 0 aliphatic rings. The van der Waals surface area contributed by atoms with Gasteiger partial charge in [0.1, 0.15) is 0 Å². The summed E-state index contributed by atoms with van der Waals surface area (Å²) in [6.45, 7) is 1.99. The van der Waals surface area contributed by atoms with Gasteiger partial charge in [-0.1, -0.05) is 41.4 Å². The molecule has 2 aromatic rings. The lowest BCUT2D eigenvalue weighted by Gasteiger charge is -2.07. The van der Waals surface area contributed by atoms with Gasteiger partial charge in [0.15, 0.2) is 0 Å². The number of amides is 2. The molecule has 0 spiro atoms. The maximum atomic E-state index is 11.8. The molecule has 2 N–H and O–H groups in total. The van der Waals surface area contributed by atoms with Crippen LogP contribution in [0.5, 0.6) is 0 Å². The summed E-state index contributed by atoms with van der Waals surface area (Å²) in [4.78, 5) is 24.4. The van der Waals surface area contributed by atoms with Gasteiger partial charge >= 0.3 is 0 Å². The second-order valence-electron chi connectivity index (χ2n) is 5.00. The van der Waals surface area contributed by atoms with Crippen LogP contribution in [0.25, 0.3) is 0 Å². The Morgan fingerprint density at radius 1 is 0.957 bits per heavy atom. The predicted molar refractivity (Wildman–Crippen MR) is 93.3 cm³/mol. The van der Waals surface area contributed by atoms with E-state index in [-0.39, 0.29) is 24.0 Å². The molecule has 0 fully saturated rings. The van der Waals surface area contributed by atoms with Crippen LogP contribution >= 0.6 is 23.4 Å². The highest BCUT2D eigenvalue weighted by Crippen LogP contribution is 2.19. The van der Waals surface area contributed by atoms with E-state index < -0.39 is 0 Å². The van der Waals surface area contributed by atoms with Gasteiger partial charge in [-0.25, -0.2) is 0 Å². The number of benzene rings is 2. The Hall–Kier alpha value is -1.98. The van der Waals surface area contributed by atoms with Crippen LogP contribution < -0.4 is 10.9 Å². The topological polar surface area (TPSA) is 58.2 Å². The Bertz CT molecular complexity index is 672. The average molecular weight is 349 g/mol. The first kappa shape index (κ1) is 17.4. The van der Waals surface area contributed by atoms with E-state index in [9.17, 15) is 9.59 Å². The number of halogens is 1. The van der Waals surface area contributed by atoms with Crippen molar-refractivity contribution in [3.63, 3.8) is 0 Å². The van der Waals surface area contributed by atoms with E-state index in [0.29, 0.717) is 5.02 Å². The van der Waals surface area contributed by atoms with E-state index in [1.807, 2.05) is 43.3 Å². The monoisotopic (exact) mass is 348 g/mol. The van der Waals surface area contributed by atoms with Crippen molar-refractivity contribution in [1.29, 1.82) is 0 Å². The molecule has 0 radical (unpaired) electrons. The zero-order valence-electron chi connectivity index (χ0n) is 12.6. The summed E-state index contributed by atoms with van der Waals surface area (Å²) >= 11 is 7.17. The first-order valence-corrected chi connectivity index (χ1v) is 8.41. The Morgan fingerprint density at radius 2 is 1.57 bits per heavy atom. The molecule has 120 valence electrons. The molecule has 23 heavy (non-hydrogen) atoms. The zero-order valence-corrected chi connectivity index (χ0v) is 14.2. The fourth-order valence-corrected chi connectivity index (χ4v) is 2.62. The molecule has 0 aliphatic carbocycles. The van der Waals surface area contributed by atoms with Crippen LogP contribution in [0.3, 0.4) is 0 Å². The van der Waals surface area contributed by atoms with Gasteiger partial charge in [-0.2, -0.15) is 0 Å². The highest BCUT2D eigenvalue weighted by molar-refractivity contribution is 8.00. The van der Waals surface area contributed by atoms with Crippen LogP contribution in [0.15, 0.2) is 53.4 Å². The van der Waals surface area contributed by atoms with Crippen LogP contribution in [0.1, 0.15) is 11.1 Å². The van der Waals surface area contributed by atoms with E-state index >= 15 is 0 Å². The highest BCUT2D eigenvalue weighted by Gasteiger charge is 2.06. The second-order valence-corrected chi connectivity index (χ2v) is 6.49. The summed E-state index contributed by atoms with van der Waals surface area (Å²) in [7, 11) is 0. The number of carbonyl (C=O) groups is 2. The Balaban J connectivity index is 1.70. The van der Waals surface area contributed by atoms with Gasteiger partial charge in [0.25, 0.3) is 0 Å². The predicted octanol–water partition coefficient (Wildman–Crippen LogP) is 3.13. The van der Waals surface area contributed by atoms with Crippen LogP contribution in [0, 0.1) is 6.92 Å². The normalized spacial score (nSPS) is 10.2. The summed E-state index contributed by atoms with van der Waals surface area (Å²) in [6.07, 6.45) is 0.227. The number of aryl methyl sites for hydroxylation is 1. The maximum Gasteiger partial charge on any atom is 0.248 e. The van der Waals surface area contributed by atoms with Gasteiger partial charge in [0.2, 0.25) is 11.8 Å². The number of carbonyl (C=O) groups excluding carboxylic acids is 2. The number of nitrogens with one attached hydrogen (secondary N) is 2. The van der Waals surface area contributed by atoms with Gasteiger partial charge in [-0.15, -0.1) is 11.8 Å².